The molecule has 0 saturated heterocycles. The minimum absolute atomic E-state index is 0.0867. The van der Waals surface area contributed by atoms with Gasteiger partial charge in [-0.1, -0.05) is 13.0 Å². The van der Waals surface area contributed by atoms with Crippen LogP contribution in [0.2, 0.25) is 0 Å². The monoisotopic (exact) mass is 212 g/mol. The molecule has 1 aromatic carbocycles. The molecule has 0 aromatic heterocycles. The third kappa shape index (κ3) is 1.77. The van der Waals surface area contributed by atoms with Gasteiger partial charge in [0.05, 0.1) is 0 Å². The molecule has 2 rings (SSSR count). The molecule has 0 bridgehead atoms. The summed E-state index contributed by atoms with van der Waals surface area (Å²) in [6, 6.07) is 3.31. The molecule has 0 spiro atoms. The van der Waals surface area contributed by atoms with Gasteiger partial charge in [0.1, 0.15) is 13.2 Å². The normalized spacial score (nSPS) is 16.2. The van der Waals surface area contributed by atoms with Crippen LogP contribution < -0.4 is 9.47 Å². The van der Waals surface area contributed by atoms with E-state index in [1.807, 2.05) is 0 Å². The number of rotatable bonds is 2. The summed E-state index contributed by atoms with van der Waals surface area (Å²) >= 11 is 0. The number of hydrogen-bond acceptors (Lipinski definition) is 3. The SMILES string of the molecule is CC(CO)c1ccc2c(c1F)OCCO2. The van der Waals surface area contributed by atoms with Crippen molar-refractivity contribution in [1.82, 2.24) is 0 Å². The van der Waals surface area contributed by atoms with Crippen molar-refractivity contribution in [3.8, 4) is 11.5 Å². The topological polar surface area (TPSA) is 38.7 Å². The first-order valence-electron chi connectivity index (χ1n) is 4.93. The van der Waals surface area contributed by atoms with Crippen molar-refractivity contribution < 1.29 is 19.0 Å². The number of fused-ring (bicyclic) bond motifs is 1. The summed E-state index contributed by atoms with van der Waals surface area (Å²) in [5.74, 6) is -0.0544. The summed E-state index contributed by atoms with van der Waals surface area (Å²) in [7, 11) is 0. The van der Waals surface area contributed by atoms with Gasteiger partial charge >= 0.3 is 0 Å². The zero-order valence-electron chi connectivity index (χ0n) is 8.50. The zero-order valence-corrected chi connectivity index (χ0v) is 8.50. The molecule has 0 radical (unpaired) electrons. The van der Waals surface area contributed by atoms with Crippen LogP contribution in [-0.4, -0.2) is 24.9 Å². The number of ether oxygens (including phenoxy) is 2. The lowest BCUT2D eigenvalue weighted by Crippen LogP contribution is -2.17. The smallest absolute Gasteiger partial charge is 0.197 e. The van der Waals surface area contributed by atoms with Crippen molar-refractivity contribution in [3.05, 3.63) is 23.5 Å². The molecule has 0 fully saturated rings. The summed E-state index contributed by atoms with van der Waals surface area (Å²) < 4.78 is 24.3. The van der Waals surface area contributed by atoms with Crippen molar-refractivity contribution in [2.45, 2.75) is 12.8 Å². The number of halogens is 1. The first kappa shape index (κ1) is 10.2. The standard InChI is InChI=1S/C11H13FO3/c1-7(6-13)8-2-3-9-11(10(8)12)15-5-4-14-9/h2-3,7,13H,4-6H2,1H3. The highest BCUT2D eigenvalue weighted by molar-refractivity contribution is 5.46. The highest BCUT2D eigenvalue weighted by atomic mass is 19.1. The van der Waals surface area contributed by atoms with Crippen LogP contribution in [0.15, 0.2) is 12.1 Å². The molecule has 1 unspecified atom stereocenters. The fraction of sp³-hybridized carbons (Fsp3) is 0.455. The van der Waals surface area contributed by atoms with Crippen molar-refractivity contribution >= 4 is 0 Å². The van der Waals surface area contributed by atoms with E-state index >= 15 is 0 Å². The van der Waals surface area contributed by atoms with Crippen LogP contribution in [0.5, 0.6) is 11.5 Å². The minimum Gasteiger partial charge on any atom is -0.486 e. The Balaban J connectivity index is 2.43. The number of hydrogen-bond donors (Lipinski definition) is 1. The third-order valence-corrected chi connectivity index (χ3v) is 2.48. The molecule has 1 atom stereocenters. The maximum Gasteiger partial charge on any atom is 0.197 e. The molecule has 1 aliphatic rings. The lowest BCUT2D eigenvalue weighted by atomic mass is 10.0. The second-order valence-electron chi connectivity index (χ2n) is 3.58. The molecule has 1 aliphatic heterocycles. The Hall–Kier alpha value is -1.29. The van der Waals surface area contributed by atoms with Gasteiger partial charge in [-0.25, -0.2) is 4.39 Å². The predicted octanol–water partition coefficient (Wildman–Crippen LogP) is 1.69. The second kappa shape index (κ2) is 4.06. The molecule has 0 aliphatic carbocycles. The molecule has 3 nitrogen and oxygen atoms in total. The molecular weight excluding hydrogens is 199 g/mol. The van der Waals surface area contributed by atoms with E-state index in [1.165, 1.54) is 0 Å². The van der Waals surface area contributed by atoms with E-state index in [0.29, 0.717) is 24.5 Å². The van der Waals surface area contributed by atoms with Gasteiger partial charge < -0.3 is 14.6 Å². The second-order valence-corrected chi connectivity index (χ2v) is 3.58. The molecule has 4 heteroatoms. The largest absolute Gasteiger partial charge is 0.486 e. The Morgan fingerprint density at radius 3 is 2.87 bits per heavy atom. The lowest BCUT2D eigenvalue weighted by molar-refractivity contribution is 0.163. The van der Waals surface area contributed by atoms with Gasteiger partial charge in [-0.3, -0.25) is 0 Å². The first-order chi connectivity index (χ1) is 7.24. The maximum absolute atomic E-state index is 13.9. The molecule has 15 heavy (non-hydrogen) atoms. The number of benzene rings is 1. The average Bonchev–Trinajstić information content (AvgIpc) is 2.29. The molecule has 1 N–H and O–H groups in total. The van der Waals surface area contributed by atoms with Gasteiger partial charge in [0, 0.05) is 12.5 Å². The van der Waals surface area contributed by atoms with Gasteiger partial charge in [-0.15, -0.1) is 0 Å². The van der Waals surface area contributed by atoms with Crippen LogP contribution in [0.3, 0.4) is 0 Å². The van der Waals surface area contributed by atoms with Crippen LogP contribution in [-0.2, 0) is 0 Å². The third-order valence-electron chi connectivity index (χ3n) is 2.48. The molecule has 0 saturated carbocycles. The van der Waals surface area contributed by atoms with E-state index in [-0.39, 0.29) is 18.3 Å². The lowest BCUT2D eigenvalue weighted by Gasteiger charge is -2.21. The Labute approximate surface area is 87.4 Å². The van der Waals surface area contributed by atoms with Crippen molar-refractivity contribution in [2.24, 2.45) is 0 Å². The zero-order chi connectivity index (χ0) is 10.8. The highest BCUT2D eigenvalue weighted by Gasteiger charge is 2.21. The van der Waals surface area contributed by atoms with Crippen molar-refractivity contribution in [1.29, 1.82) is 0 Å². The van der Waals surface area contributed by atoms with Crippen molar-refractivity contribution in [2.75, 3.05) is 19.8 Å². The van der Waals surface area contributed by atoms with E-state index in [4.69, 9.17) is 14.6 Å². The number of aliphatic hydroxyl groups is 1. The average molecular weight is 212 g/mol. The predicted molar refractivity (Wildman–Crippen MR) is 52.9 cm³/mol. The first-order valence-corrected chi connectivity index (χ1v) is 4.93. The highest BCUT2D eigenvalue weighted by Crippen LogP contribution is 2.36. The van der Waals surface area contributed by atoms with E-state index in [9.17, 15) is 4.39 Å². The summed E-state index contributed by atoms with van der Waals surface area (Å²) in [4.78, 5) is 0. The maximum atomic E-state index is 13.9. The van der Waals surface area contributed by atoms with Crippen LogP contribution in [0.25, 0.3) is 0 Å². The number of aliphatic hydroxyl groups excluding tert-OH is 1. The summed E-state index contributed by atoms with van der Waals surface area (Å²) in [6.07, 6.45) is 0. The summed E-state index contributed by atoms with van der Waals surface area (Å²) in [5.41, 5.74) is 0.460. The summed E-state index contributed by atoms with van der Waals surface area (Å²) in [5, 5.41) is 8.98. The van der Waals surface area contributed by atoms with Crippen molar-refractivity contribution in [3.63, 3.8) is 0 Å². The Kier molecular flexibility index (Phi) is 2.77. The quantitative estimate of drug-likeness (QED) is 0.810. The van der Waals surface area contributed by atoms with E-state index in [0.717, 1.165) is 0 Å². The van der Waals surface area contributed by atoms with Gasteiger partial charge in [0.15, 0.2) is 17.3 Å². The molecule has 1 heterocycles. The van der Waals surface area contributed by atoms with E-state index in [1.54, 1.807) is 19.1 Å². The van der Waals surface area contributed by atoms with E-state index in [2.05, 4.69) is 0 Å². The Morgan fingerprint density at radius 2 is 2.13 bits per heavy atom. The Morgan fingerprint density at radius 1 is 1.40 bits per heavy atom. The molecular formula is C11H13FO3. The molecule has 82 valence electrons. The molecule has 1 aromatic rings. The Bertz CT molecular complexity index is 365. The van der Waals surface area contributed by atoms with Crippen LogP contribution in [0.4, 0.5) is 4.39 Å². The van der Waals surface area contributed by atoms with E-state index < -0.39 is 5.82 Å². The van der Waals surface area contributed by atoms with Crippen LogP contribution in [0.1, 0.15) is 18.4 Å². The van der Waals surface area contributed by atoms with Gasteiger partial charge in [0.2, 0.25) is 0 Å². The van der Waals surface area contributed by atoms with Gasteiger partial charge in [-0.2, -0.15) is 0 Å². The van der Waals surface area contributed by atoms with Gasteiger partial charge in [-0.05, 0) is 11.6 Å². The minimum atomic E-state index is -0.422. The van der Waals surface area contributed by atoms with Crippen LogP contribution in [0, 0.1) is 5.82 Å². The molecule has 0 amide bonds. The van der Waals surface area contributed by atoms with Gasteiger partial charge in [0.25, 0.3) is 0 Å². The fourth-order valence-electron chi connectivity index (χ4n) is 1.58. The van der Waals surface area contributed by atoms with Crippen LogP contribution >= 0.6 is 0 Å². The fourth-order valence-corrected chi connectivity index (χ4v) is 1.58. The summed E-state index contributed by atoms with van der Waals surface area (Å²) in [6.45, 7) is 2.48.